The normalized spacial score (nSPS) is 13.9. The minimum Gasteiger partial charge on any atom is -0.301 e. The highest BCUT2D eigenvalue weighted by molar-refractivity contribution is 5.27. The van der Waals surface area contributed by atoms with E-state index in [1.807, 2.05) is 13.8 Å². The molecule has 0 bridgehead atoms. The second kappa shape index (κ2) is 6.20. The van der Waals surface area contributed by atoms with Crippen molar-refractivity contribution in [2.45, 2.75) is 33.0 Å². The first-order chi connectivity index (χ1) is 8.30. The zero-order chi connectivity index (χ0) is 13.8. The summed E-state index contributed by atoms with van der Waals surface area (Å²) >= 11 is 0. The van der Waals surface area contributed by atoms with Crippen LogP contribution < -0.4 is 5.48 Å². The molecule has 1 aromatic rings. The summed E-state index contributed by atoms with van der Waals surface area (Å²) in [5.41, 5.74) is 2.65. The van der Waals surface area contributed by atoms with Crippen LogP contribution in [0.1, 0.15) is 37.9 Å². The molecule has 0 saturated carbocycles. The molecule has 2 nitrogen and oxygen atoms in total. The zero-order valence-electron chi connectivity index (χ0n) is 10.7. The van der Waals surface area contributed by atoms with Gasteiger partial charge in [0.05, 0.1) is 18.2 Å². The molecule has 0 aliphatic rings. The fourth-order valence-corrected chi connectivity index (χ4v) is 1.39. The molecule has 102 valence electrons. The van der Waals surface area contributed by atoms with Crippen LogP contribution in [0.15, 0.2) is 24.3 Å². The van der Waals surface area contributed by atoms with Crippen molar-refractivity contribution < 1.29 is 18.0 Å². The fourth-order valence-electron chi connectivity index (χ4n) is 1.39. The van der Waals surface area contributed by atoms with Gasteiger partial charge in [-0.15, -0.1) is 0 Å². The van der Waals surface area contributed by atoms with E-state index in [-0.39, 0.29) is 6.04 Å². The van der Waals surface area contributed by atoms with Gasteiger partial charge in [-0.2, -0.15) is 18.7 Å². The van der Waals surface area contributed by atoms with Crippen molar-refractivity contribution in [3.8, 4) is 0 Å². The molecule has 0 saturated heterocycles. The summed E-state index contributed by atoms with van der Waals surface area (Å²) in [6.07, 6.45) is -4.31. The summed E-state index contributed by atoms with van der Waals surface area (Å²) in [5, 5.41) is 0. The number of nitrogens with one attached hydrogen (secondary N) is 1. The Balaban J connectivity index is 2.66. The maximum atomic E-state index is 12.5. The number of benzene rings is 1. The number of alkyl halides is 3. The number of rotatable bonds is 5. The zero-order valence-corrected chi connectivity index (χ0v) is 10.7. The highest BCUT2D eigenvalue weighted by Gasteiger charge is 2.30. The molecule has 1 unspecified atom stereocenters. The van der Waals surface area contributed by atoms with Crippen molar-refractivity contribution >= 4 is 0 Å². The van der Waals surface area contributed by atoms with Crippen LogP contribution in [0, 0.1) is 5.92 Å². The van der Waals surface area contributed by atoms with Crippen molar-refractivity contribution in [2.24, 2.45) is 5.92 Å². The lowest BCUT2D eigenvalue weighted by molar-refractivity contribution is -0.137. The Morgan fingerprint density at radius 2 is 1.89 bits per heavy atom. The summed E-state index contributed by atoms with van der Waals surface area (Å²) in [5.74, 6) is 0.367. The summed E-state index contributed by atoms with van der Waals surface area (Å²) in [6, 6.07) is 4.96. The van der Waals surface area contributed by atoms with Gasteiger partial charge in [-0.1, -0.05) is 26.0 Å². The third-order valence-electron chi connectivity index (χ3n) is 2.39. The quantitative estimate of drug-likeness (QED) is 0.810. The van der Waals surface area contributed by atoms with Gasteiger partial charge in [-0.3, -0.25) is 0 Å². The van der Waals surface area contributed by atoms with Gasteiger partial charge in [-0.05, 0) is 30.5 Å². The Kier molecular flexibility index (Phi) is 5.16. The molecule has 1 atom stereocenters. The first-order valence-electron chi connectivity index (χ1n) is 5.85. The SMILES string of the molecule is CC(C)CONC(C)c1cccc(C(F)(F)F)c1. The lowest BCUT2D eigenvalue weighted by atomic mass is 10.1. The minimum absolute atomic E-state index is 0.286. The van der Waals surface area contributed by atoms with E-state index < -0.39 is 11.7 Å². The van der Waals surface area contributed by atoms with Crippen LogP contribution in [0.4, 0.5) is 13.2 Å². The average Bonchev–Trinajstić information content (AvgIpc) is 2.27. The molecule has 0 amide bonds. The van der Waals surface area contributed by atoms with E-state index in [2.05, 4.69) is 5.48 Å². The predicted molar refractivity (Wildman–Crippen MR) is 63.8 cm³/mol. The van der Waals surface area contributed by atoms with E-state index in [4.69, 9.17) is 4.84 Å². The van der Waals surface area contributed by atoms with Gasteiger partial charge in [0.25, 0.3) is 0 Å². The van der Waals surface area contributed by atoms with E-state index in [9.17, 15) is 13.2 Å². The topological polar surface area (TPSA) is 21.3 Å². The average molecular weight is 261 g/mol. The van der Waals surface area contributed by atoms with Crippen molar-refractivity contribution in [1.29, 1.82) is 0 Å². The standard InChI is InChI=1S/C13H18F3NO/c1-9(2)8-18-17-10(3)11-5-4-6-12(7-11)13(14,15)16/h4-7,9-10,17H,8H2,1-3H3. The summed E-state index contributed by atoms with van der Waals surface area (Å²) in [6.45, 7) is 6.27. The monoisotopic (exact) mass is 261 g/mol. The highest BCUT2D eigenvalue weighted by Crippen LogP contribution is 2.30. The summed E-state index contributed by atoms with van der Waals surface area (Å²) in [4.78, 5) is 5.21. The summed E-state index contributed by atoms with van der Waals surface area (Å²) in [7, 11) is 0. The molecule has 1 N–H and O–H groups in total. The highest BCUT2D eigenvalue weighted by atomic mass is 19.4. The molecule has 1 rings (SSSR count). The fraction of sp³-hybridized carbons (Fsp3) is 0.538. The van der Waals surface area contributed by atoms with Crippen molar-refractivity contribution in [3.05, 3.63) is 35.4 Å². The molecular formula is C13H18F3NO. The number of hydrogen-bond donors (Lipinski definition) is 1. The number of hydrogen-bond acceptors (Lipinski definition) is 2. The Morgan fingerprint density at radius 3 is 2.44 bits per heavy atom. The molecule has 0 heterocycles. The molecule has 5 heteroatoms. The Labute approximate surface area is 105 Å². The third-order valence-corrected chi connectivity index (χ3v) is 2.39. The molecular weight excluding hydrogens is 243 g/mol. The van der Waals surface area contributed by atoms with Crippen LogP contribution in [0.2, 0.25) is 0 Å². The van der Waals surface area contributed by atoms with Crippen molar-refractivity contribution in [2.75, 3.05) is 6.61 Å². The number of hydroxylamine groups is 1. The van der Waals surface area contributed by atoms with Gasteiger partial charge in [0.1, 0.15) is 0 Å². The van der Waals surface area contributed by atoms with Gasteiger partial charge in [0, 0.05) is 0 Å². The molecule has 0 aliphatic carbocycles. The van der Waals surface area contributed by atoms with E-state index in [0.717, 1.165) is 12.1 Å². The van der Waals surface area contributed by atoms with Crippen LogP contribution in [-0.4, -0.2) is 6.61 Å². The van der Waals surface area contributed by atoms with E-state index in [1.165, 1.54) is 6.07 Å². The largest absolute Gasteiger partial charge is 0.416 e. The van der Waals surface area contributed by atoms with E-state index in [1.54, 1.807) is 13.0 Å². The van der Waals surface area contributed by atoms with Gasteiger partial charge in [0.15, 0.2) is 0 Å². The Morgan fingerprint density at radius 1 is 1.22 bits per heavy atom. The molecule has 18 heavy (non-hydrogen) atoms. The summed E-state index contributed by atoms with van der Waals surface area (Å²) < 4.78 is 37.6. The minimum atomic E-state index is -4.31. The van der Waals surface area contributed by atoms with Gasteiger partial charge < -0.3 is 4.84 Å². The molecule has 0 spiro atoms. The first kappa shape index (κ1) is 15.0. The first-order valence-corrected chi connectivity index (χ1v) is 5.85. The lowest BCUT2D eigenvalue weighted by Gasteiger charge is -2.16. The van der Waals surface area contributed by atoms with E-state index in [0.29, 0.717) is 18.1 Å². The van der Waals surface area contributed by atoms with Gasteiger partial charge in [0.2, 0.25) is 0 Å². The van der Waals surface area contributed by atoms with Crippen LogP contribution >= 0.6 is 0 Å². The molecule has 1 aromatic carbocycles. The smallest absolute Gasteiger partial charge is 0.301 e. The Bertz CT molecular complexity index is 377. The van der Waals surface area contributed by atoms with Crippen molar-refractivity contribution in [3.63, 3.8) is 0 Å². The second-order valence-electron chi connectivity index (χ2n) is 4.67. The second-order valence-corrected chi connectivity index (χ2v) is 4.67. The Hall–Kier alpha value is -1.07. The maximum Gasteiger partial charge on any atom is 0.416 e. The van der Waals surface area contributed by atoms with Crippen LogP contribution in [-0.2, 0) is 11.0 Å². The van der Waals surface area contributed by atoms with Crippen molar-refractivity contribution in [1.82, 2.24) is 5.48 Å². The molecule has 0 fully saturated rings. The molecule has 0 radical (unpaired) electrons. The predicted octanol–water partition coefficient (Wildman–Crippen LogP) is 3.94. The van der Waals surface area contributed by atoms with Gasteiger partial charge in [-0.25, -0.2) is 0 Å². The lowest BCUT2D eigenvalue weighted by Crippen LogP contribution is -2.22. The number of halogens is 3. The van der Waals surface area contributed by atoms with E-state index >= 15 is 0 Å². The van der Waals surface area contributed by atoms with Crippen LogP contribution in [0.3, 0.4) is 0 Å². The molecule has 0 aliphatic heterocycles. The molecule has 0 aromatic heterocycles. The van der Waals surface area contributed by atoms with Gasteiger partial charge >= 0.3 is 6.18 Å². The third kappa shape index (κ3) is 4.66. The maximum absolute atomic E-state index is 12.5. The van der Waals surface area contributed by atoms with Crippen LogP contribution in [0.25, 0.3) is 0 Å². The van der Waals surface area contributed by atoms with Crippen LogP contribution in [0.5, 0.6) is 0 Å².